The number of carbonyl (C=O) groups excluding carboxylic acids is 1. The van der Waals surface area contributed by atoms with Gasteiger partial charge in [0.2, 0.25) is 0 Å². The molecule has 0 spiro atoms. The van der Waals surface area contributed by atoms with Crippen LogP contribution in [0.1, 0.15) is 15.9 Å². The fourth-order valence-corrected chi connectivity index (χ4v) is 1.35. The lowest BCUT2D eigenvalue weighted by Crippen LogP contribution is -2.41. The lowest BCUT2D eigenvalue weighted by atomic mass is 10.1. The van der Waals surface area contributed by atoms with Crippen LogP contribution in [0.4, 0.5) is 13.2 Å². The van der Waals surface area contributed by atoms with Gasteiger partial charge in [-0.05, 0) is 24.3 Å². The second-order valence-electron chi connectivity index (χ2n) is 3.93. The van der Waals surface area contributed by atoms with Gasteiger partial charge in [0.05, 0.1) is 18.2 Å². The summed E-state index contributed by atoms with van der Waals surface area (Å²) in [4.78, 5) is 12.5. The normalized spacial score (nSPS) is 12.6. The van der Waals surface area contributed by atoms with Gasteiger partial charge < -0.3 is 10.0 Å². The van der Waals surface area contributed by atoms with Crippen LogP contribution in [0.2, 0.25) is 0 Å². The highest BCUT2D eigenvalue weighted by Gasteiger charge is 2.39. The largest absolute Gasteiger partial charge is 0.416 e. The van der Waals surface area contributed by atoms with E-state index in [4.69, 9.17) is 10.4 Å². The minimum Gasteiger partial charge on any atom is -0.382 e. The molecule has 1 unspecified atom stereocenters. The molecule has 7 heteroatoms. The van der Waals surface area contributed by atoms with E-state index in [2.05, 4.69) is 0 Å². The number of rotatable bonds is 3. The van der Waals surface area contributed by atoms with Crippen molar-refractivity contribution in [1.29, 1.82) is 5.26 Å². The molecule has 0 radical (unpaired) electrons. The maximum absolute atomic E-state index is 12.2. The molecule has 0 fully saturated rings. The van der Waals surface area contributed by atoms with Crippen LogP contribution in [-0.4, -0.2) is 41.8 Å². The van der Waals surface area contributed by atoms with Gasteiger partial charge in [0.25, 0.3) is 5.91 Å². The minimum absolute atomic E-state index is 0.149. The molecule has 4 nitrogen and oxygen atoms in total. The molecule has 1 amide bonds. The van der Waals surface area contributed by atoms with Crippen LogP contribution in [0, 0.1) is 11.3 Å². The quantitative estimate of drug-likeness (QED) is 0.908. The Bertz CT molecular complexity index is 491. The van der Waals surface area contributed by atoms with Crippen LogP contribution in [0.3, 0.4) is 0 Å². The molecule has 0 heterocycles. The standard InChI is InChI=1S/C12H11F3N2O2/c1-17(7-10(18)12(13,14)15)11(19)9-4-2-8(6-16)3-5-9/h2-5,10,18H,7H2,1H3. The van der Waals surface area contributed by atoms with E-state index in [1.54, 1.807) is 0 Å². The SMILES string of the molecule is CN(CC(O)C(F)(F)F)C(=O)c1ccc(C#N)cc1. The Morgan fingerprint density at radius 1 is 1.42 bits per heavy atom. The van der Waals surface area contributed by atoms with E-state index in [9.17, 15) is 18.0 Å². The van der Waals surface area contributed by atoms with Gasteiger partial charge in [-0.25, -0.2) is 0 Å². The number of hydrogen-bond donors (Lipinski definition) is 1. The van der Waals surface area contributed by atoms with Crippen LogP contribution >= 0.6 is 0 Å². The number of hydrogen-bond acceptors (Lipinski definition) is 3. The number of halogens is 3. The first-order valence-electron chi connectivity index (χ1n) is 5.26. The predicted molar refractivity (Wildman–Crippen MR) is 60.2 cm³/mol. The van der Waals surface area contributed by atoms with Crippen molar-refractivity contribution in [1.82, 2.24) is 4.90 Å². The topological polar surface area (TPSA) is 64.3 Å². The number of aliphatic hydroxyl groups is 1. The van der Waals surface area contributed by atoms with Gasteiger partial charge in [0.1, 0.15) is 0 Å². The van der Waals surface area contributed by atoms with E-state index < -0.39 is 24.7 Å². The highest BCUT2D eigenvalue weighted by Crippen LogP contribution is 2.20. The molecule has 1 aromatic carbocycles. The highest BCUT2D eigenvalue weighted by atomic mass is 19.4. The molecule has 0 aliphatic carbocycles. The number of alkyl halides is 3. The number of likely N-dealkylation sites (N-methyl/N-ethyl adjacent to an activating group) is 1. The number of aliphatic hydroxyl groups excluding tert-OH is 1. The second kappa shape index (κ2) is 5.71. The molecule has 0 aliphatic heterocycles. The Morgan fingerprint density at radius 2 is 1.95 bits per heavy atom. The second-order valence-corrected chi connectivity index (χ2v) is 3.93. The van der Waals surface area contributed by atoms with Gasteiger partial charge in [0, 0.05) is 12.6 Å². The molecule has 0 saturated carbocycles. The van der Waals surface area contributed by atoms with Crippen molar-refractivity contribution in [3.63, 3.8) is 0 Å². The summed E-state index contributed by atoms with van der Waals surface area (Å²) in [5.74, 6) is -0.659. The molecule has 0 saturated heterocycles. The van der Waals surface area contributed by atoms with E-state index in [1.165, 1.54) is 24.3 Å². The van der Waals surface area contributed by atoms with E-state index in [1.807, 2.05) is 6.07 Å². The Labute approximate surface area is 107 Å². The summed E-state index contributed by atoms with van der Waals surface area (Å²) in [7, 11) is 1.16. The predicted octanol–water partition coefficient (Wildman–Crippen LogP) is 1.55. The molecule has 1 atom stereocenters. The number of benzene rings is 1. The summed E-state index contributed by atoms with van der Waals surface area (Å²) in [6.07, 6.45) is -7.35. The molecular weight excluding hydrogens is 261 g/mol. The Hall–Kier alpha value is -2.07. The van der Waals surface area contributed by atoms with Crippen molar-refractivity contribution < 1.29 is 23.1 Å². The Kier molecular flexibility index (Phi) is 4.51. The highest BCUT2D eigenvalue weighted by molar-refractivity contribution is 5.94. The van der Waals surface area contributed by atoms with Crippen LogP contribution in [0.25, 0.3) is 0 Å². The summed E-state index contributed by atoms with van der Waals surface area (Å²) in [6, 6.07) is 7.33. The van der Waals surface area contributed by atoms with Gasteiger partial charge in [-0.3, -0.25) is 4.79 Å². The van der Waals surface area contributed by atoms with E-state index >= 15 is 0 Å². The van der Waals surface area contributed by atoms with E-state index in [0.717, 1.165) is 11.9 Å². The summed E-state index contributed by atoms with van der Waals surface area (Å²) < 4.78 is 36.5. The van der Waals surface area contributed by atoms with Crippen molar-refractivity contribution >= 4 is 5.91 Å². The van der Waals surface area contributed by atoms with Gasteiger partial charge in [-0.2, -0.15) is 18.4 Å². The minimum atomic E-state index is -4.76. The molecule has 0 aliphatic rings. The summed E-state index contributed by atoms with van der Waals surface area (Å²) in [6.45, 7) is -0.845. The van der Waals surface area contributed by atoms with Crippen LogP contribution in [0.15, 0.2) is 24.3 Å². The average Bonchev–Trinajstić information content (AvgIpc) is 2.36. The molecule has 1 rings (SSSR count). The van der Waals surface area contributed by atoms with Crippen LogP contribution < -0.4 is 0 Å². The lowest BCUT2D eigenvalue weighted by Gasteiger charge is -2.22. The molecule has 19 heavy (non-hydrogen) atoms. The number of nitrogens with zero attached hydrogens (tertiary/aromatic N) is 2. The zero-order valence-electron chi connectivity index (χ0n) is 9.98. The van der Waals surface area contributed by atoms with Crippen LogP contribution in [0.5, 0.6) is 0 Å². The zero-order chi connectivity index (χ0) is 14.6. The summed E-state index contributed by atoms with van der Waals surface area (Å²) >= 11 is 0. The number of amides is 1. The first kappa shape index (κ1) is 15.0. The third-order valence-corrected chi connectivity index (χ3v) is 2.43. The average molecular weight is 272 g/mol. The fourth-order valence-electron chi connectivity index (χ4n) is 1.35. The smallest absolute Gasteiger partial charge is 0.382 e. The van der Waals surface area contributed by atoms with Crippen molar-refractivity contribution in [2.24, 2.45) is 0 Å². The first-order valence-corrected chi connectivity index (χ1v) is 5.26. The summed E-state index contributed by atoms with van der Waals surface area (Å²) in [5.41, 5.74) is 0.491. The molecule has 102 valence electrons. The number of nitriles is 1. The molecule has 1 aromatic rings. The molecule has 1 N–H and O–H groups in total. The molecular formula is C12H11F3N2O2. The summed E-state index contributed by atoms with van der Waals surface area (Å²) in [5, 5.41) is 17.5. The Morgan fingerprint density at radius 3 is 2.37 bits per heavy atom. The Balaban J connectivity index is 2.74. The van der Waals surface area contributed by atoms with Gasteiger partial charge >= 0.3 is 6.18 Å². The monoisotopic (exact) mass is 272 g/mol. The van der Waals surface area contributed by atoms with Crippen molar-refractivity contribution in [2.45, 2.75) is 12.3 Å². The van der Waals surface area contributed by atoms with Crippen molar-refractivity contribution in [3.05, 3.63) is 35.4 Å². The maximum Gasteiger partial charge on any atom is 0.416 e. The third kappa shape index (κ3) is 3.96. The van der Waals surface area contributed by atoms with Gasteiger partial charge in [-0.15, -0.1) is 0 Å². The number of carbonyl (C=O) groups is 1. The van der Waals surface area contributed by atoms with Crippen LogP contribution in [-0.2, 0) is 0 Å². The maximum atomic E-state index is 12.2. The van der Waals surface area contributed by atoms with E-state index in [-0.39, 0.29) is 5.56 Å². The zero-order valence-corrected chi connectivity index (χ0v) is 9.98. The van der Waals surface area contributed by atoms with Gasteiger partial charge in [-0.1, -0.05) is 0 Å². The van der Waals surface area contributed by atoms with Crippen molar-refractivity contribution in [3.8, 4) is 6.07 Å². The third-order valence-electron chi connectivity index (χ3n) is 2.43. The molecule has 0 bridgehead atoms. The van der Waals surface area contributed by atoms with E-state index in [0.29, 0.717) is 5.56 Å². The lowest BCUT2D eigenvalue weighted by molar-refractivity contribution is -0.205. The van der Waals surface area contributed by atoms with Crippen molar-refractivity contribution in [2.75, 3.05) is 13.6 Å². The fraction of sp³-hybridized carbons (Fsp3) is 0.333. The molecule has 0 aromatic heterocycles. The van der Waals surface area contributed by atoms with Gasteiger partial charge in [0.15, 0.2) is 6.10 Å². The first-order chi connectivity index (χ1) is 8.75.